The topological polar surface area (TPSA) is 58.6 Å². The minimum absolute atomic E-state index is 0.0311. The molecule has 0 aliphatic carbocycles. The first-order valence-corrected chi connectivity index (χ1v) is 5.63. The van der Waals surface area contributed by atoms with Crippen LogP contribution in [0.15, 0.2) is 18.2 Å². The summed E-state index contributed by atoms with van der Waals surface area (Å²) in [4.78, 5) is 11.1. The Hall–Kier alpha value is -1.83. The first kappa shape index (κ1) is 16.2. The number of aliphatic hydroxyl groups is 1. The Morgan fingerprint density at radius 1 is 1.45 bits per heavy atom. The van der Waals surface area contributed by atoms with Crippen molar-refractivity contribution in [2.75, 3.05) is 13.2 Å². The first-order chi connectivity index (χ1) is 9.19. The molecule has 0 saturated carbocycles. The molecule has 112 valence electrons. The first-order valence-electron chi connectivity index (χ1n) is 5.63. The number of aliphatic hydroxyl groups excluding tert-OH is 1. The molecule has 0 saturated heterocycles. The Bertz CT molecular complexity index is 474. The van der Waals surface area contributed by atoms with Crippen LogP contribution in [-0.2, 0) is 4.79 Å². The van der Waals surface area contributed by atoms with E-state index >= 15 is 0 Å². The van der Waals surface area contributed by atoms with Crippen molar-refractivity contribution in [3.63, 3.8) is 0 Å². The highest BCUT2D eigenvalue weighted by atomic mass is 19.4. The smallest absolute Gasteiger partial charge is 0.405 e. The maximum absolute atomic E-state index is 13.0. The maximum atomic E-state index is 13.0. The van der Waals surface area contributed by atoms with Crippen LogP contribution in [0.3, 0.4) is 0 Å². The van der Waals surface area contributed by atoms with Gasteiger partial charge in [0.25, 0.3) is 5.91 Å². The van der Waals surface area contributed by atoms with E-state index in [4.69, 9.17) is 4.74 Å². The SMILES string of the molecule is C[C@H](O)c1cc(F)ccc1OCC(=O)NCC(F)(F)F. The van der Waals surface area contributed by atoms with Crippen LogP contribution in [0.4, 0.5) is 17.6 Å². The summed E-state index contributed by atoms with van der Waals surface area (Å²) in [5.41, 5.74) is 0.105. The van der Waals surface area contributed by atoms with Crippen LogP contribution in [0.2, 0.25) is 0 Å². The van der Waals surface area contributed by atoms with Gasteiger partial charge in [-0.05, 0) is 25.1 Å². The molecule has 0 heterocycles. The molecule has 1 aromatic rings. The Kier molecular flexibility index (Phi) is 5.32. The van der Waals surface area contributed by atoms with E-state index in [0.717, 1.165) is 12.1 Å². The second-order valence-electron chi connectivity index (χ2n) is 4.04. The van der Waals surface area contributed by atoms with E-state index < -0.39 is 37.2 Å². The van der Waals surface area contributed by atoms with Gasteiger partial charge in [0, 0.05) is 5.56 Å². The van der Waals surface area contributed by atoms with Crippen molar-refractivity contribution < 1.29 is 32.2 Å². The van der Waals surface area contributed by atoms with Gasteiger partial charge in [-0.1, -0.05) is 0 Å². The molecular formula is C12H13F4NO3. The van der Waals surface area contributed by atoms with E-state index in [2.05, 4.69) is 0 Å². The van der Waals surface area contributed by atoms with Crippen molar-refractivity contribution in [1.29, 1.82) is 0 Å². The number of halogens is 4. The number of carbonyl (C=O) groups excluding carboxylic acids is 1. The quantitative estimate of drug-likeness (QED) is 0.816. The summed E-state index contributed by atoms with van der Waals surface area (Å²) in [5.74, 6) is -1.54. The van der Waals surface area contributed by atoms with E-state index in [0.29, 0.717) is 0 Å². The summed E-state index contributed by atoms with van der Waals surface area (Å²) in [6, 6.07) is 3.26. The minimum Gasteiger partial charge on any atom is -0.483 e. The van der Waals surface area contributed by atoms with Crippen molar-refractivity contribution in [3.05, 3.63) is 29.6 Å². The van der Waals surface area contributed by atoms with Crippen LogP contribution in [0.1, 0.15) is 18.6 Å². The maximum Gasteiger partial charge on any atom is 0.405 e. The van der Waals surface area contributed by atoms with E-state index in [1.165, 1.54) is 13.0 Å². The molecule has 1 atom stereocenters. The third kappa shape index (κ3) is 5.43. The normalized spacial score (nSPS) is 12.9. The lowest BCUT2D eigenvalue weighted by molar-refractivity contribution is -0.139. The van der Waals surface area contributed by atoms with Gasteiger partial charge in [-0.25, -0.2) is 4.39 Å². The van der Waals surface area contributed by atoms with Gasteiger partial charge in [0.2, 0.25) is 0 Å². The number of nitrogens with one attached hydrogen (secondary N) is 1. The lowest BCUT2D eigenvalue weighted by Gasteiger charge is -2.14. The lowest BCUT2D eigenvalue weighted by atomic mass is 10.1. The zero-order valence-electron chi connectivity index (χ0n) is 10.5. The Labute approximate surface area is 112 Å². The van der Waals surface area contributed by atoms with Crippen LogP contribution in [0.5, 0.6) is 5.75 Å². The third-order valence-corrected chi connectivity index (χ3v) is 2.27. The van der Waals surface area contributed by atoms with Gasteiger partial charge >= 0.3 is 6.18 Å². The van der Waals surface area contributed by atoms with Crippen LogP contribution < -0.4 is 10.1 Å². The standard InChI is InChI=1S/C12H13F4NO3/c1-7(18)9-4-8(13)2-3-10(9)20-5-11(19)17-6-12(14,15)16/h2-4,7,18H,5-6H2,1H3,(H,17,19)/t7-/m0/s1. The van der Waals surface area contributed by atoms with Crippen molar-refractivity contribution >= 4 is 5.91 Å². The molecule has 0 radical (unpaired) electrons. The molecule has 0 aromatic heterocycles. The minimum atomic E-state index is -4.50. The Morgan fingerprint density at radius 3 is 2.65 bits per heavy atom. The Morgan fingerprint density at radius 2 is 2.10 bits per heavy atom. The molecule has 0 aliphatic rings. The van der Waals surface area contributed by atoms with Gasteiger partial charge in [0.05, 0.1) is 6.10 Å². The predicted molar refractivity (Wildman–Crippen MR) is 61.6 cm³/mol. The van der Waals surface area contributed by atoms with Gasteiger partial charge < -0.3 is 15.2 Å². The molecule has 4 nitrogen and oxygen atoms in total. The van der Waals surface area contributed by atoms with Gasteiger partial charge in [-0.2, -0.15) is 13.2 Å². The second kappa shape index (κ2) is 6.56. The number of alkyl halides is 3. The molecule has 0 spiro atoms. The highest BCUT2D eigenvalue weighted by molar-refractivity contribution is 5.77. The number of hydrogen-bond donors (Lipinski definition) is 2. The van der Waals surface area contributed by atoms with Gasteiger partial charge in [-0.3, -0.25) is 4.79 Å². The monoisotopic (exact) mass is 295 g/mol. The van der Waals surface area contributed by atoms with Crippen molar-refractivity contribution in [2.24, 2.45) is 0 Å². The fourth-order valence-corrected chi connectivity index (χ4v) is 1.37. The lowest BCUT2D eigenvalue weighted by Crippen LogP contribution is -2.36. The number of rotatable bonds is 5. The molecule has 1 rings (SSSR count). The number of amides is 1. The van der Waals surface area contributed by atoms with E-state index in [1.807, 2.05) is 0 Å². The average Bonchev–Trinajstić information content (AvgIpc) is 2.33. The van der Waals surface area contributed by atoms with Crippen LogP contribution >= 0.6 is 0 Å². The number of benzene rings is 1. The number of ether oxygens (including phenoxy) is 1. The Balaban J connectivity index is 2.59. The summed E-state index contributed by atoms with van der Waals surface area (Å²) >= 11 is 0. The van der Waals surface area contributed by atoms with E-state index in [1.54, 1.807) is 5.32 Å². The molecule has 8 heteroatoms. The van der Waals surface area contributed by atoms with Crippen LogP contribution in [-0.4, -0.2) is 30.3 Å². The number of carbonyl (C=O) groups is 1. The summed E-state index contributed by atoms with van der Waals surface area (Å²) in [7, 11) is 0. The van der Waals surface area contributed by atoms with Crippen molar-refractivity contribution in [3.8, 4) is 5.75 Å². The van der Waals surface area contributed by atoms with Crippen molar-refractivity contribution in [1.82, 2.24) is 5.32 Å². The zero-order chi connectivity index (χ0) is 15.3. The molecular weight excluding hydrogens is 282 g/mol. The average molecular weight is 295 g/mol. The van der Waals surface area contributed by atoms with E-state index in [9.17, 15) is 27.5 Å². The summed E-state index contributed by atoms with van der Waals surface area (Å²) in [6.07, 6.45) is -5.55. The predicted octanol–water partition coefficient (Wildman–Crippen LogP) is 1.94. The van der Waals surface area contributed by atoms with Gasteiger partial charge in [0.15, 0.2) is 6.61 Å². The fourth-order valence-electron chi connectivity index (χ4n) is 1.37. The van der Waals surface area contributed by atoms with Gasteiger partial charge in [-0.15, -0.1) is 0 Å². The molecule has 1 aromatic carbocycles. The van der Waals surface area contributed by atoms with Crippen LogP contribution in [0.25, 0.3) is 0 Å². The molecule has 20 heavy (non-hydrogen) atoms. The molecule has 1 amide bonds. The number of hydrogen-bond acceptors (Lipinski definition) is 3. The second-order valence-corrected chi connectivity index (χ2v) is 4.04. The highest BCUT2D eigenvalue weighted by Gasteiger charge is 2.27. The van der Waals surface area contributed by atoms with Gasteiger partial charge in [0.1, 0.15) is 18.1 Å². The molecule has 0 bridgehead atoms. The van der Waals surface area contributed by atoms with E-state index in [-0.39, 0.29) is 11.3 Å². The summed E-state index contributed by atoms with van der Waals surface area (Å²) < 4.78 is 53.6. The highest BCUT2D eigenvalue weighted by Crippen LogP contribution is 2.25. The largest absolute Gasteiger partial charge is 0.483 e. The molecule has 0 fully saturated rings. The summed E-state index contributed by atoms with van der Waals surface area (Å²) in [6.45, 7) is -0.755. The van der Waals surface area contributed by atoms with Crippen LogP contribution in [0, 0.1) is 5.82 Å². The van der Waals surface area contributed by atoms with Crippen molar-refractivity contribution in [2.45, 2.75) is 19.2 Å². The molecule has 2 N–H and O–H groups in total. The zero-order valence-corrected chi connectivity index (χ0v) is 10.5. The third-order valence-electron chi connectivity index (χ3n) is 2.27. The summed E-state index contributed by atoms with van der Waals surface area (Å²) in [5, 5.41) is 11.0. The molecule has 0 unspecified atom stereocenters. The molecule has 0 aliphatic heterocycles. The fraction of sp³-hybridized carbons (Fsp3) is 0.417.